The minimum absolute atomic E-state index is 0.157. The van der Waals surface area contributed by atoms with Crippen molar-refractivity contribution in [2.75, 3.05) is 18.4 Å². The van der Waals surface area contributed by atoms with Crippen LogP contribution in [0.5, 0.6) is 0 Å². The monoisotopic (exact) mass is 352 g/mol. The number of thiophene rings is 1. The summed E-state index contributed by atoms with van der Waals surface area (Å²) in [7, 11) is 0. The number of primary amides is 2. The average molecular weight is 352 g/mol. The number of carbonyl (C=O) groups excluding carboxylic acids is 3. The molecule has 3 amide bonds. The molecule has 7 nitrogen and oxygen atoms in total. The lowest BCUT2D eigenvalue weighted by Gasteiger charge is -2.36. The first-order valence-electron chi connectivity index (χ1n) is 8.09. The van der Waals surface area contributed by atoms with Crippen LogP contribution in [0.3, 0.4) is 0 Å². The molecule has 0 saturated carbocycles. The Morgan fingerprint density at radius 3 is 2.83 bits per heavy atom. The van der Waals surface area contributed by atoms with Gasteiger partial charge in [0.25, 0.3) is 5.91 Å². The molecule has 1 aliphatic heterocycles. The maximum atomic E-state index is 12.5. The summed E-state index contributed by atoms with van der Waals surface area (Å²) in [5, 5.41) is 5.01. The molecule has 1 aromatic heterocycles. The van der Waals surface area contributed by atoms with Crippen LogP contribution in [0.1, 0.15) is 43.0 Å². The van der Waals surface area contributed by atoms with Crippen molar-refractivity contribution >= 4 is 34.1 Å². The number of anilines is 1. The van der Waals surface area contributed by atoms with Crippen LogP contribution in [-0.4, -0.2) is 41.8 Å². The third-order valence-corrected chi connectivity index (χ3v) is 5.27. The first-order chi connectivity index (χ1) is 11.4. The van der Waals surface area contributed by atoms with Crippen molar-refractivity contribution in [1.29, 1.82) is 0 Å². The van der Waals surface area contributed by atoms with E-state index >= 15 is 0 Å². The highest BCUT2D eigenvalue weighted by molar-refractivity contribution is 7.14. The van der Waals surface area contributed by atoms with Crippen molar-refractivity contribution in [2.45, 2.75) is 38.6 Å². The second kappa shape index (κ2) is 8.25. The molecule has 1 fully saturated rings. The second-order valence-corrected chi connectivity index (χ2v) is 7.12. The summed E-state index contributed by atoms with van der Waals surface area (Å²) >= 11 is 1.28. The number of hydrogen-bond donors (Lipinski definition) is 3. The van der Waals surface area contributed by atoms with Gasteiger partial charge in [-0.05, 0) is 50.1 Å². The van der Waals surface area contributed by atoms with Crippen molar-refractivity contribution in [3.8, 4) is 0 Å². The van der Waals surface area contributed by atoms with E-state index in [4.69, 9.17) is 11.5 Å². The SMILES string of the molecule is CC(C(=O)Nc1sccc1C(N)=O)N1CCCC(CCC(N)=O)C1. The summed E-state index contributed by atoms with van der Waals surface area (Å²) in [6.07, 6.45) is 3.19. The van der Waals surface area contributed by atoms with Gasteiger partial charge in [0.2, 0.25) is 11.8 Å². The lowest BCUT2D eigenvalue weighted by molar-refractivity contribution is -0.122. The van der Waals surface area contributed by atoms with E-state index in [9.17, 15) is 14.4 Å². The zero-order valence-electron chi connectivity index (χ0n) is 13.8. The van der Waals surface area contributed by atoms with Gasteiger partial charge in [0.1, 0.15) is 5.00 Å². The zero-order valence-corrected chi connectivity index (χ0v) is 14.6. The molecule has 132 valence electrons. The summed E-state index contributed by atoms with van der Waals surface area (Å²) in [6.45, 7) is 3.47. The Hall–Kier alpha value is -1.93. The van der Waals surface area contributed by atoms with E-state index < -0.39 is 5.91 Å². The molecule has 1 saturated heterocycles. The number of rotatable bonds is 7. The predicted octanol–water partition coefficient (Wildman–Crippen LogP) is 1.15. The van der Waals surface area contributed by atoms with Crippen molar-refractivity contribution in [3.63, 3.8) is 0 Å². The van der Waals surface area contributed by atoms with E-state index in [1.807, 2.05) is 6.92 Å². The standard InChI is InChI=1S/C16H24N4O3S/c1-10(15(23)19-16-12(14(18)22)6-8-24-16)20-7-2-3-11(9-20)4-5-13(17)21/h6,8,10-11H,2-5,7,9H2,1H3,(H2,17,21)(H2,18,22)(H,19,23). The van der Waals surface area contributed by atoms with Gasteiger partial charge >= 0.3 is 0 Å². The molecule has 24 heavy (non-hydrogen) atoms. The minimum atomic E-state index is -0.552. The Balaban J connectivity index is 1.93. The van der Waals surface area contributed by atoms with Gasteiger partial charge < -0.3 is 16.8 Å². The fourth-order valence-electron chi connectivity index (χ4n) is 3.01. The van der Waals surface area contributed by atoms with E-state index in [-0.39, 0.29) is 17.9 Å². The molecule has 0 radical (unpaired) electrons. The highest BCUT2D eigenvalue weighted by Gasteiger charge is 2.28. The Bertz CT molecular complexity index is 616. The number of nitrogens with zero attached hydrogens (tertiary/aromatic N) is 1. The fourth-order valence-corrected chi connectivity index (χ4v) is 3.81. The van der Waals surface area contributed by atoms with Crippen LogP contribution in [0.2, 0.25) is 0 Å². The van der Waals surface area contributed by atoms with Crippen molar-refractivity contribution in [1.82, 2.24) is 4.90 Å². The molecule has 0 spiro atoms. The van der Waals surface area contributed by atoms with E-state index in [0.29, 0.717) is 22.9 Å². The highest BCUT2D eigenvalue weighted by Crippen LogP contribution is 2.25. The van der Waals surface area contributed by atoms with Crippen LogP contribution in [0.25, 0.3) is 0 Å². The number of carbonyl (C=O) groups is 3. The molecule has 0 aromatic carbocycles. The van der Waals surface area contributed by atoms with E-state index in [2.05, 4.69) is 10.2 Å². The van der Waals surface area contributed by atoms with Gasteiger partial charge in [0, 0.05) is 13.0 Å². The maximum Gasteiger partial charge on any atom is 0.251 e. The highest BCUT2D eigenvalue weighted by atomic mass is 32.1. The quantitative estimate of drug-likeness (QED) is 0.682. The molecule has 1 aromatic rings. The van der Waals surface area contributed by atoms with Gasteiger partial charge in [-0.3, -0.25) is 19.3 Å². The third kappa shape index (κ3) is 4.78. The second-order valence-electron chi connectivity index (χ2n) is 6.20. The van der Waals surface area contributed by atoms with Crippen molar-refractivity contribution < 1.29 is 14.4 Å². The van der Waals surface area contributed by atoms with Gasteiger partial charge in [0.15, 0.2) is 0 Å². The fraction of sp³-hybridized carbons (Fsp3) is 0.562. The molecule has 2 atom stereocenters. The first kappa shape index (κ1) is 18.4. The number of nitrogens with two attached hydrogens (primary N) is 2. The van der Waals surface area contributed by atoms with Gasteiger partial charge in [-0.25, -0.2) is 0 Å². The summed E-state index contributed by atoms with van der Waals surface area (Å²) < 4.78 is 0. The molecule has 0 bridgehead atoms. The Morgan fingerprint density at radius 1 is 1.42 bits per heavy atom. The van der Waals surface area contributed by atoms with Gasteiger partial charge in [0.05, 0.1) is 11.6 Å². The van der Waals surface area contributed by atoms with E-state index in [1.165, 1.54) is 11.3 Å². The molecular formula is C16H24N4O3S. The zero-order chi connectivity index (χ0) is 17.7. The smallest absolute Gasteiger partial charge is 0.251 e. The maximum absolute atomic E-state index is 12.5. The van der Waals surface area contributed by atoms with Crippen molar-refractivity contribution in [2.24, 2.45) is 17.4 Å². The molecule has 2 heterocycles. The molecule has 5 N–H and O–H groups in total. The number of nitrogens with one attached hydrogen (secondary N) is 1. The molecule has 8 heteroatoms. The number of likely N-dealkylation sites (tertiary alicyclic amines) is 1. The molecule has 1 aliphatic rings. The lowest BCUT2D eigenvalue weighted by Crippen LogP contribution is -2.47. The molecule has 2 rings (SSSR count). The Morgan fingerprint density at radius 2 is 2.17 bits per heavy atom. The Kier molecular flexibility index (Phi) is 6.33. The summed E-state index contributed by atoms with van der Waals surface area (Å²) in [6, 6.07) is 1.29. The Labute approximate surface area is 145 Å². The van der Waals surface area contributed by atoms with E-state index in [0.717, 1.165) is 32.4 Å². The van der Waals surface area contributed by atoms with Crippen LogP contribution in [0.15, 0.2) is 11.4 Å². The van der Waals surface area contributed by atoms with Crippen LogP contribution >= 0.6 is 11.3 Å². The van der Waals surface area contributed by atoms with Crippen LogP contribution in [0.4, 0.5) is 5.00 Å². The van der Waals surface area contributed by atoms with Crippen molar-refractivity contribution in [3.05, 3.63) is 17.0 Å². The van der Waals surface area contributed by atoms with Gasteiger partial charge in [-0.15, -0.1) is 11.3 Å². The first-order valence-corrected chi connectivity index (χ1v) is 8.97. The third-order valence-electron chi connectivity index (χ3n) is 4.44. The average Bonchev–Trinajstić information content (AvgIpc) is 3.00. The number of amides is 3. The summed E-state index contributed by atoms with van der Waals surface area (Å²) in [5.41, 5.74) is 10.8. The van der Waals surface area contributed by atoms with E-state index in [1.54, 1.807) is 11.4 Å². The predicted molar refractivity (Wildman–Crippen MR) is 93.7 cm³/mol. The van der Waals surface area contributed by atoms with Gasteiger partial charge in [-0.1, -0.05) is 0 Å². The number of hydrogen-bond acceptors (Lipinski definition) is 5. The van der Waals surface area contributed by atoms with Gasteiger partial charge in [-0.2, -0.15) is 0 Å². The summed E-state index contributed by atoms with van der Waals surface area (Å²) in [5.74, 6) is -0.613. The normalized spacial score (nSPS) is 19.6. The lowest BCUT2D eigenvalue weighted by atomic mass is 9.92. The van der Waals surface area contributed by atoms with Crippen LogP contribution < -0.4 is 16.8 Å². The minimum Gasteiger partial charge on any atom is -0.370 e. The topological polar surface area (TPSA) is 119 Å². The van der Waals surface area contributed by atoms with Crippen LogP contribution in [-0.2, 0) is 9.59 Å². The molecule has 2 unspecified atom stereocenters. The molecular weight excluding hydrogens is 328 g/mol. The molecule has 0 aliphatic carbocycles. The summed E-state index contributed by atoms with van der Waals surface area (Å²) in [4.78, 5) is 36.9. The van der Waals surface area contributed by atoms with Crippen LogP contribution in [0, 0.1) is 5.92 Å². The largest absolute Gasteiger partial charge is 0.370 e. The number of piperidine rings is 1.